The molecule has 2 amide bonds. The van der Waals surface area contributed by atoms with Gasteiger partial charge in [-0.15, -0.1) is 22.7 Å². The maximum absolute atomic E-state index is 11.7. The fourth-order valence-electron chi connectivity index (χ4n) is 2.60. The van der Waals surface area contributed by atoms with Gasteiger partial charge in [-0.3, -0.25) is 9.59 Å². The second kappa shape index (κ2) is 15.1. The van der Waals surface area contributed by atoms with Crippen molar-refractivity contribution in [1.29, 1.82) is 0 Å². The second-order valence-corrected chi connectivity index (χ2v) is 8.86. The molecule has 0 aliphatic rings. The summed E-state index contributed by atoms with van der Waals surface area (Å²) in [7, 11) is 0. The van der Waals surface area contributed by atoms with Crippen molar-refractivity contribution in [3.05, 3.63) is 44.8 Å². The van der Waals surface area contributed by atoms with Crippen molar-refractivity contribution in [2.24, 2.45) is 10.3 Å². The van der Waals surface area contributed by atoms with Gasteiger partial charge in [0.15, 0.2) is 13.2 Å². The minimum absolute atomic E-state index is 0.0896. The quantitative estimate of drug-likeness (QED) is 0.231. The van der Waals surface area contributed by atoms with Gasteiger partial charge in [-0.25, -0.2) is 0 Å². The van der Waals surface area contributed by atoms with Crippen LogP contribution < -0.4 is 10.6 Å². The molecule has 32 heavy (non-hydrogen) atoms. The normalized spacial score (nSPS) is 11.8. The first-order valence-corrected chi connectivity index (χ1v) is 12.3. The molecule has 0 atom stereocenters. The average molecular weight is 479 g/mol. The number of oxime groups is 2. The van der Waals surface area contributed by atoms with Crippen LogP contribution in [0.25, 0.3) is 0 Å². The van der Waals surface area contributed by atoms with Crippen LogP contribution in [0, 0.1) is 0 Å². The molecule has 2 aromatic rings. The molecule has 0 bridgehead atoms. The van der Waals surface area contributed by atoms with Crippen molar-refractivity contribution in [3.8, 4) is 0 Å². The van der Waals surface area contributed by atoms with E-state index in [1.165, 1.54) is 0 Å². The average Bonchev–Trinajstić information content (AvgIpc) is 3.50. The molecule has 2 rings (SSSR count). The van der Waals surface area contributed by atoms with E-state index < -0.39 is 0 Å². The van der Waals surface area contributed by atoms with Crippen LogP contribution in [-0.4, -0.2) is 49.5 Å². The molecule has 2 N–H and O–H groups in total. The summed E-state index contributed by atoms with van der Waals surface area (Å²) in [5.41, 5.74) is 1.51. The van der Waals surface area contributed by atoms with Gasteiger partial charge in [0, 0.05) is 13.1 Å². The lowest BCUT2D eigenvalue weighted by Gasteiger charge is -2.06. The van der Waals surface area contributed by atoms with Crippen LogP contribution >= 0.6 is 22.7 Å². The van der Waals surface area contributed by atoms with E-state index in [0.717, 1.165) is 46.9 Å². The third-order valence-corrected chi connectivity index (χ3v) is 6.25. The fourth-order valence-corrected chi connectivity index (χ4v) is 3.93. The Morgan fingerprint density at radius 3 is 1.59 bits per heavy atom. The lowest BCUT2D eigenvalue weighted by atomic mass is 10.2. The summed E-state index contributed by atoms with van der Waals surface area (Å²) >= 11 is 3.15. The number of hydrogen-bond acceptors (Lipinski definition) is 8. The van der Waals surface area contributed by atoms with Gasteiger partial charge in [-0.1, -0.05) is 35.3 Å². The van der Waals surface area contributed by atoms with Crippen LogP contribution in [0.5, 0.6) is 0 Å². The lowest BCUT2D eigenvalue weighted by Crippen LogP contribution is -2.28. The van der Waals surface area contributed by atoms with Crippen molar-refractivity contribution in [3.63, 3.8) is 0 Å². The van der Waals surface area contributed by atoms with E-state index in [1.807, 2.05) is 48.9 Å². The van der Waals surface area contributed by atoms with Gasteiger partial charge in [-0.2, -0.15) is 0 Å². The smallest absolute Gasteiger partial charge is 0.260 e. The molecule has 0 aromatic carbocycles. The number of carbonyl (C=O) groups excluding carboxylic acids is 2. The van der Waals surface area contributed by atoms with E-state index in [9.17, 15) is 9.59 Å². The molecule has 8 nitrogen and oxygen atoms in total. The molecule has 0 radical (unpaired) electrons. The molecule has 0 aliphatic carbocycles. The second-order valence-electron chi connectivity index (χ2n) is 6.97. The molecule has 2 heterocycles. The highest BCUT2D eigenvalue weighted by Gasteiger charge is 2.04. The molecular formula is C22H30N4O4S2. The Balaban J connectivity index is 1.41. The van der Waals surface area contributed by atoms with E-state index in [-0.39, 0.29) is 25.0 Å². The molecule has 174 valence electrons. The lowest BCUT2D eigenvalue weighted by molar-refractivity contribution is -0.126. The van der Waals surface area contributed by atoms with Gasteiger partial charge >= 0.3 is 0 Å². The van der Waals surface area contributed by atoms with Gasteiger partial charge in [-0.05, 0) is 49.6 Å². The van der Waals surface area contributed by atoms with E-state index in [4.69, 9.17) is 9.68 Å². The van der Waals surface area contributed by atoms with Crippen LogP contribution in [0.15, 0.2) is 45.3 Å². The van der Waals surface area contributed by atoms with Crippen molar-refractivity contribution >= 4 is 45.9 Å². The summed E-state index contributed by atoms with van der Waals surface area (Å²) in [4.78, 5) is 35.7. The van der Waals surface area contributed by atoms with Gasteiger partial charge in [0.1, 0.15) is 0 Å². The minimum atomic E-state index is -0.183. The summed E-state index contributed by atoms with van der Waals surface area (Å²) in [6, 6.07) is 7.79. The van der Waals surface area contributed by atoms with Crippen LogP contribution in [0.3, 0.4) is 0 Å². The molecule has 0 saturated heterocycles. The van der Waals surface area contributed by atoms with Crippen molar-refractivity contribution < 1.29 is 19.3 Å². The number of carbonyl (C=O) groups is 2. The standard InChI is InChI=1S/C22H30N4O4S2/c1-17(19-9-7-13-31-19)25-29-15-21(27)23-11-5-3-4-6-12-24-22(28)16-30-26-18(2)20-10-8-14-32-20/h7-10,13-14H,3-6,11-12,15-16H2,1-2H3,(H,23,27)(H,24,28)/b25-17+,26-18+. The van der Waals surface area contributed by atoms with Gasteiger partial charge < -0.3 is 20.3 Å². The van der Waals surface area contributed by atoms with Crippen LogP contribution in [0.1, 0.15) is 49.3 Å². The number of rotatable bonds is 15. The third-order valence-electron chi connectivity index (χ3n) is 4.30. The summed E-state index contributed by atoms with van der Waals surface area (Å²) in [5.74, 6) is -0.367. The highest BCUT2D eigenvalue weighted by molar-refractivity contribution is 7.12. The molecule has 0 unspecified atom stereocenters. The molecule has 2 aromatic heterocycles. The van der Waals surface area contributed by atoms with Crippen LogP contribution in [0.4, 0.5) is 0 Å². The Morgan fingerprint density at radius 2 is 1.22 bits per heavy atom. The van der Waals surface area contributed by atoms with E-state index in [1.54, 1.807) is 22.7 Å². The zero-order chi connectivity index (χ0) is 23.0. The highest BCUT2D eigenvalue weighted by Crippen LogP contribution is 2.10. The molecule has 0 aliphatic heterocycles. The first-order chi connectivity index (χ1) is 15.6. The third kappa shape index (κ3) is 10.5. The van der Waals surface area contributed by atoms with E-state index in [0.29, 0.717) is 13.1 Å². The Hall–Kier alpha value is -2.72. The van der Waals surface area contributed by atoms with Crippen molar-refractivity contribution in [1.82, 2.24) is 10.6 Å². The number of nitrogens with zero attached hydrogens (tertiary/aromatic N) is 2. The first-order valence-electron chi connectivity index (χ1n) is 10.5. The van der Waals surface area contributed by atoms with Gasteiger partial charge in [0.2, 0.25) is 0 Å². The predicted octanol–water partition coefficient (Wildman–Crippen LogP) is 3.78. The number of thiophene rings is 2. The van der Waals surface area contributed by atoms with E-state index >= 15 is 0 Å². The summed E-state index contributed by atoms with van der Waals surface area (Å²) in [5, 5.41) is 17.5. The number of amides is 2. The van der Waals surface area contributed by atoms with Crippen molar-refractivity contribution in [2.45, 2.75) is 39.5 Å². The number of hydrogen-bond donors (Lipinski definition) is 2. The number of nitrogens with one attached hydrogen (secondary N) is 2. The molecule has 10 heteroatoms. The molecule has 0 saturated carbocycles. The fraction of sp³-hybridized carbons (Fsp3) is 0.455. The zero-order valence-electron chi connectivity index (χ0n) is 18.5. The Kier molecular flexibility index (Phi) is 12.1. The topological polar surface area (TPSA) is 101 Å². The largest absolute Gasteiger partial charge is 0.385 e. The van der Waals surface area contributed by atoms with Gasteiger partial charge in [0.05, 0.1) is 21.2 Å². The molecule has 0 fully saturated rings. The monoisotopic (exact) mass is 478 g/mol. The zero-order valence-corrected chi connectivity index (χ0v) is 20.1. The Bertz CT molecular complexity index is 792. The SMILES string of the molecule is C/C(=N\OCC(=O)NCCCCCCNC(=O)CO/N=C(\C)c1cccs1)c1cccs1. The predicted molar refractivity (Wildman–Crippen MR) is 129 cm³/mol. The Morgan fingerprint density at radius 1 is 0.781 bits per heavy atom. The molecule has 0 spiro atoms. The summed E-state index contributed by atoms with van der Waals surface area (Å²) in [6.07, 6.45) is 3.68. The Labute approximate surface area is 196 Å². The number of unbranched alkanes of at least 4 members (excludes halogenated alkanes) is 3. The maximum Gasteiger partial charge on any atom is 0.260 e. The van der Waals surface area contributed by atoms with E-state index in [2.05, 4.69) is 20.9 Å². The van der Waals surface area contributed by atoms with Crippen LogP contribution in [-0.2, 0) is 19.3 Å². The summed E-state index contributed by atoms with van der Waals surface area (Å²) < 4.78 is 0. The summed E-state index contributed by atoms with van der Waals surface area (Å²) in [6.45, 7) is 4.71. The molecular weight excluding hydrogens is 448 g/mol. The van der Waals surface area contributed by atoms with Crippen LogP contribution in [0.2, 0.25) is 0 Å². The highest BCUT2D eigenvalue weighted by atomic mass is 32.1. The van der Waals surface area contributed by atoms with Crippen molar-refractivity contribution in [2.75, 3.05) is 26.3 Å². The first kappa shape index (κ1) is 25.5. The maximum atomic E-state index is 11.7. The minimum Gasteiger partial charge on any atom is -0.385 e. The van der Waals surface area contributed by atoms with Gasteiger partial charge in [0.25, 0.3) is 11.8 Å².